The summed E-state index contributed by atoms with van der Waals surface area (Å²) in [6.45, 7) is 5.03. The van der Waals surface area contributed by atoms with Crippen molar-refractivity contribution < 1.29 is 19.1 Å². The van der Waals surface area contributed by atoms with Crippen LogP contribution in [0.15, 0.2) is 42.5 Å². The summed E-state index contributed by atoms with van der Waals surface area (Å²) in [7, 11) is 0. The Morgan fingerprint density at radius 3 is 2.28 bits per heavy atom. The molecule has 2 aromatic carbocycles. The topological polar surface area (TPSA) is 64.6 Å². The lowest BCUT2D eigenvalue weighted by atomic mass is 10.1. The number of anilines is 1. The van der Waals surface area contributed by atoms with Gasteiger partial charge in [-0.15, -0.1) is 0 Å². The molecule has 0 bridgehead atoms. The van der Waals surface area contributed by atoms with Crippen LogP contribution in [0, 0.1) is 13.8 Å². The van der Waals surface area contributed by atoms with E-state index in [-0.39, 0.29) is 6.61 Å². The number of rotatable bonds is 6. The Kier molecular flexibility index (Phi) is 6.42. The highest BCUT2D eigenvalue weighted by Crippen LogP contribution is 2.20. The van der Waals surface area contributed by atoms with Gasteiger partial charge in [-0.3, -0.25) is 4.79 Å². The van der Waals surface area contributed by atoms with Gasteiger partial charge in [0, 0.05) is 10.7 Å². The molecule has 0 saturated heterocycles. The van der Waals surface area contributed by atoms with Crippen molar-refractivity contribution >= 4 is 29.2 Å². The van der Waals surface area contributed by atoms with Crippen molar-refractivity contribution in [2.45, 2.75) is 26.9 Å². The standard InChI is InChI=1S/C19H20ClNO4/c1-12-5-4-6-13(2)18(12)21-19(23)14(3)25-17(22)11-24-16-9-7-15(20)8-10-16/h4-10,14H,11H2,1-3H3,(H,21,23). The number of amides is 1. The van der Waals surface area contributed by atoms with Crippen LogP contribution in [0.5, 0.6) is 5.75 Å². The summed E-state index contributed by atoms with van der Waals surface area (Å²) in [5.41, 5.74) is 2.61. The van der Waals surface area contributed by atoms with Gasteiger partial charge >= 0.3 is 5.97 Å². The Labute approximate surface area is 151 Å². The fourth-order valence-electron chi connectivity index (χ4n) is 2.19. The number of hydrogen-bond acceptors (Lipinski definition) is 4. The van der Waals surface area contributed by atoms with Crippen molar-refractivity contribution in [1.82, 2.24) is 0 Å². The average molecular weight is 362 g/mol. The zero-order valence-corrected chi connectivity index (χ0v) is 15.1. The number of para-hydroxylation sites is 1. The number of ether oxygens (including phenoxy) is 2. The minimum Gasteiger partial charge on any atom is -0.482 e. The lowest BCUT2D eigenvalue weighted by Crippen LogP contribution is -2.32. The molecule has 1 N–H and O–H groups in total. The van der Waals surface area contributed by atoms with E-state index in [2.05, 4.69) is 5.32 Å². The molecule has 5 nitrogen and oxygen atoms in total. The summed E-state index contributed by atoms with van der Waals surface area (Å²) in [4.78, 5) is 24.1. The summed E-state index contributed by atoms with van der Waals surface area (Å²) in [6.07, 6.45) is -0.930. The molecule has 0 spiro atoms. The molecule has 0 aliphatic heterocycles. The number of esters is 1. The number of carbonyl (C=O) groups is 2. The van der Waals surface area contributed by atoms with Gasteiger partial charge in [0.1, 0.15) is 5.75 Å². The van der Waals surface area contributed by atoms with Gasteiger partial charge in [-0.1, -0.05) is 29.8 Å². The quantitative estimate of drug-likeness (QED) is 0.792. The summed E-state index contributed by atoms with van der Waals surface area (Å²) in [6, 6.07) is 12.3. The Hall–Kier alpha value is -2.53. The highest BCUT2D eigenvalue weighted by atomic mass is 35.5. The fourth-order valence-corrected chi connectivity index (χ4v) is 2.32. The number of aryl methyl sites for hydroxylation is 2. The molecule has 132 valence electrons. The van der Waals surface area contributed by atoms with E-state index in [0.29, 0.717) is 10.8 Å². The lowest BCUT2D eigenvalue weighted by Gasteiger charge is -2.16. The Balaban J connectivity index is 1.85. The largest absolute Gasteiger partial charge is 0.482 e. The molecule has 0 radical (unpaired) electrons. The molecule has 1 unspecified atom stereocenters. The van der Waals surface area contributed by atoms with Crippen LogP contribution >= 0.6 is 11.6 Å². The first-order chi connectivity index (χ1) is 11.9. The molecule has 25 heavy (non-hydrogen) atoms. The molecule has 1 amide bonds. The summed E-state index contributed by atoms with van der Waals surface area (Å²) in [5, 5.41) is 3.37. The van der Waals surface area contributed by atoms with Crippen LogP contribution in [0.25, 0.3) is 0 Å². The molecule has 0 aliphatic carbocycles. The minimum atomic E-state index is -0.930. The number of nitrogens with one attached hydrogen (secondary N) is 1. The van der Waals surface area contributed by atoms with Crippen LogP contribution in [0.2, 0.25) is 5.02 Å². The van der Waals surface area contributed by atoms with Crippen LogP contribution in [0.3, 0.4) is 0 Å². The smallest absolute Gasteiger partial charge is 0.344 e. The maximum atomic E-state index is 12.2. The van der Waals surface area contributed by atoms with Gasteiger partial charge in [-0.25, -0.2) is 4.79 Å². The van der Waals surface area contributed by atoms with Crippen molar-refractivity contribution in [3.63, 3.8) is 0 Å². The van der Waals surface area contributed by atoms with Gasteiger partial charge in [-0.05, 0) is 56.2 Å². The Bertz CT molecular complexity index is 738. The van der Waals surface area contributed by atoms with E-state index in [1.807, 2.05) is 32.0 Å². The second-order valence-electron chi connectivity index (χ2n) is 5.63. The summed E-state index contributed by atoms with van der Waals surface area (Å²) < 4.78 is 10.4. The van der Waals surface area contributed by atoms with E-state index < -0.39 is 18.0 Å². The van der Waals surface area contributed by atoms with Gasteiger partial charge in [0.2, 0.25) is 0 Å². The van der Waals surface area contributed by atoms with Crippen molar-refractivity contribution in [3.05, 3.63) is 58.6 Å². The maximum absolute atomic E-state index is 12.2. The second kappa shape index (κ2) is 8.53. The average Bonchev–Trinajstić information content (AvgIpc) is 2.57. The van der Waals surface area contributed by atoms with Gasteiger partial charge in [-0.2, -0.15) is 0 Å². The monoisotopic (exact) mass is 361 g/mol. The van der Waals surface area contributed by atoms with E-state index >= 15 is 0 Å². The van der Waals surface area contributed by atoms with Gasteiger partial charge in [0.25, 0.3) is 5.91 Å². The molecular formula is C19H20ClNO4. The highest BCUT2D eigenvalue weighted by Gasteiger charge is 2.19. The van der Waals surface area contributed by atoms with Crippen molar-refractivity contribution in [2.75, 3.05) is 11.9 Å². The molecule has 0 aromatic heterocycles. The number of carbonyl (C=O) groups excluding carboxylic acids is 2. The van der Waals surface area contributed by atoms with Crippen LogP contribution in [0.1, 0.15) is 18.1 Å². The number of hydrogen-bond donors (Lipinski definition) is 1. The van der Waals surface area contributed by atoms with Gasteiger partial charge in [0.05, 0.1) is 0 Å². The first kappa shape index (κ1) is 18.8. The lowest BCUT2D eigenvalue weighted by molar-refractivity contribution is -0.155. The summed E-state index contributed by atoms with van der Waals surface area (Å²) in [5.74, 6) is -0.523. The highest BCUT2D eigenvalue weighted by molar-refractivity contribution is 6.30. The predicted molar refractivity (Wildman–Crippen MR) is 97.0 cm³/mol. The zero-order valence-electron chi connectivity index (χ0n) is 14.3. The molecule has 0 aliphatic rings. The molecule has 2 rings (SSSR count). The Morgan fingerprint density at radius 1 is 1.08 bits per heavy atom. The molecule has 2 aromatic rings. The van der Waals surface area contributed by atoms with E-state index in [1.165, 1.54) is 6.92 Å². The maximum Gasteiger partial charge on any atom is 0.344 e. The van der Waals surface area contributed by atoms with Crippen LogP contribution < -0.4 is 10.1 Å². The first-order valence-electron chi connectivity index (χ1n) is 7.81. The third-order valence-corrected chi connectivity index (χ3v) is 3.83. The SMILES string of the molecule is Cc1cccc(C)c1NC(=O)C(C)OC(=O)COc1ccc(Cl)cc1. The van der Waals surface area contributed by atoms with E-state index in [1.54, 1.807) is 24.3 Å². The van der Waals surface area contributed by atoms with Gasteiger partial charge < -0.3 is 14.8 Å². The Morgan fingerprint density at radius 2 is 1.68 bits per heavy atom. The zero-order chi connectivity index (χ0) is 18.4. The molecule has 0 fully saturated rings. The van der Waals surface area contributed by atoms with Crippen LogP contribution in [-0.4, -0.2) is 24.6 Å². The normalized spacial score (nSPS) is 11.5. The molecule has 1 atom stereocenters. The number of halogens is 1. The third kappa shape index (κ3) is 5.50. The first-order valence-corrected chi connectivity index (χ1v) is 8.19. The van der Waals surface area contributed by atoms with E-state index in [4.69, 9.17) is 21.1 Å². The van der Waals surface area contributed by atoms with Crippen molar-refractivity contribution in [1.29, 1.82) is 0 Å². The van der Waals surface area contributed by atoms with Crippen molar-refractivity contribution in [2.24, 2.45) is 0 Å². The molecule has 0 heterocycles. The van der Waals surface area contributed by atoms with Crippen LogP contribution in [-0.2, 0) is 14.3 Å². The molecule has 0 saturated carbocycles. The molecule has 6 heteroatoms. The number of benzene rings is 2. The van der Waals surface area contributed by atoms with Gasteiger partial charge in [0.15, 0.2) is 12.7 Å². The fraction of sp³-hybridized carbons (Fsp3) is 0.263. The predicted octanol–water partition coefficient (Wildman–Crippen LogP) is 3.91. The molecular weight excluding hydrogens is 342 g/mol. The second-order valence-corrected chi connectivity index (χ2v) is 6.07. The van der Waals surface area contributed by atoms with E-state index in [0.717, 1.165) is 16.8 Å². The van der Waals surface area contributed by atoms with E-state index in [9.17, 15) is 9.59 Å². The third-order valence-electron chi connectivity index (χ3n) is 3.58. The minimum absolute atomic E-state index is 0.289. The van der Waals surface area contributed by atoms with Crippen LogP contribution in [0.4, 0.5) is 5.69 Å². The van der Waals surface area contributed by atoms with Crippen molar-refractivity contribution in [3.8, 4) is 5.75 Å². The summed E-state index contributed by atoms with van der Waals surface area (Å²) >= 11 is 5.78.